The number of nitrogens with zero attached hydrogens (tertiary/aromatic N) is 3. The Morgan fingerprint density at radius 2 is 1.62 bits per heavy atom. The number of amides is 2. The predicted octanol–water partition coefficient (Wildman–Crippen LogP) is 4.99. The Hall–Kier alpha value is -2.94. The largest absolute Gasteiger partial charge is 0.364 e. The number of carbonyl (C=O) groups excluding carboxylic acids is 3. The van der Waals surface area contributed by atoms with Gasteiger partial charge in [0.2, 0.25) is 5.91 Å². The van der Waals surface area contributed by atoms with Gasteiger partial charge in [0.25, 0.3) is 5.91 Å². The molecule has 11 heteroatoms. The van der Waals surface area contributed by atoms with Gasteiger partial charge in [-0.1, -0.05) is 53.9 Å². The Morgan fingerprint density at radius 1 is 1.03 bits per heavy atom. The molecule has 3 N–H and O–H groups in total. The van der Waals surface area contributed by atoms with Crippen molar-refractivity contribution >= 4 is 58.2 Å². The molecule has 0 unspecified atom stereocenters. The maximum absolute atomic E-state index is 12.9. The highest BCUT2D eigenvalue weighted by molar-refractivity contribution is 6.41. The number of nitrogens with two attached hydrogens (primary N) is 1. The van der Waals surface area contributed by atoms with E-state index in [2.05, 4.69) is 15.6 Å². The average Bonchev–Trinajstić information content (AvgIpc) is 3.16. The number of rotatable bonds is 9. The van der Waals surface area contributed by atoms with E-state index in [9.17, 15) is 14.4 Å². The molecular weight excluding hydrogens is 501 g/mol. The lowest BCUT2D eigenvalue weighted by atomic mass is 10.0. The van der Waals surface area contributed by atoms with Gasteiger partial charge in [-0.25, -0.2) is 4.68 Å². The zero-order valence-corrected chi connectivity index (χ0v) is 20.7. The Bertz CT molecular complexity index is 1210. The van der Waals surface area contributed by atoms with Crippen LogP contribution in [0.2, 0.25) is 15.1 Å². The monoisotopic (exact) mass is 521 g/mol. The van der Waals surface area contributed by atoms with Crippen LogP contribution in [0.3, 0.4) is 0 Å². The van der Waals surface area contributed by atoms with Crippen LogP contribution < -0.4 is 11.1 Å². The zero-order valence-electron chi connectivity index (χ0n) is 18.4. The first-order valence-corrected chi connectivity index (χ1v) is 11.6. The van der Waals surface area contributed by atoms with Gasteiger partial charge in [0, 0.05) is 16.5 Å². The molecule has 0 spiro atoms. The second kappa shape index (κ2) is 11.0. The minimum atomic E-state index is -0.828. The first kappa shape index (κ1) is 25.7. The maximum Gasteiger partial charge on any atom is 0.273 e. The summed E-state index contributed by atoms with van der Waals surface area (Å²) in [5, 5.41) is 11.3. The van der Waals surface area contributed by atoms with Crippen LogP contribution in [-0.2, 0) is 11.3 Å². The van der Waals surface area contributed by atoms with Crippen molar-refractivity contribution in [2.45, 2.75) is 33.2 Å². The van der Waals surface area contributed by atoms with Crippen molar-refractivity contribution in [1.82, 2.24) is 15.0 Å². The van der Waals surface area contributed by atoms with E-state index in [0.717, 1.165) is 0 Å². The number of ketones is 1. The van der Waals surface area contributed by atoms with Gasteiger partial charge < -0.3 is 11.1 Å². The lowest BCUT2D eigenvalue weighted by Crippen LogP contribution is -2.25. The molecule has 3 aromatic rings. The smallest absolute Gasteiger partial charge is 0.273 e. The van der Waals surface area contributed by atoms with Crippen molar-refractivity contribution in [3.8, 4) is 0 Å². The van der Waals surface area contributed by atoms with E-state index >= 15 is 0 Å². The Labute approximate surface area is 211 Å². The van der Waals surface area contributed by atoms with Crippen molar-refractivity contribution in [2.75, 3.05) is 5.32 Å². The minimum Gasteiger partial charge on any atom is -0.364 e. The number of hydrogen-bond acceptors (Lipinski definition) is 5. The summed E-state index contributed by atoms with van der Waals surface area (Å²) >= 11 is 18.7. The fraction of sp³-hybridized carbons (Fsp3) is 0.261. The van der Waals surface area contributed by atoms with Crippen LogP contribution in [0, 0.1) is 5.92 Å². The zero-order chi connectivity index (χ0) is 25.0. The van der Waals surface area contributed by atoms with Gasteiger partial charge in [-0.15, -0.1) is 5.10 Å². The molecule has 0 radical (unpaired) electrons. The summed E-state index contributed by atoms with van der Waals surface area (Å²) in [7, 11) is 0. The van der Waals surface area contributed by atoms with Crippen LogP contribution in [-0.4, -0.2) is 32.6 Å². The van der Waals surface area contributed by atoms with Crippen LogP contribution >= 0.6 is 34.8 Å². The number of anilines is 1. The van der Waals surface area contributed by atoms with E-state index in [1.165, 1.54) is 4.68 Å². The molecule has 0 fully saturated rings. The summed E-state index contributed by atoms with van der Waals surface area (Å²) in [4.78, 5) is 37.3. The Morgan fingerprint density at radius 3 is 2.15 bits per heavy atom. The SMILES string of the molecule is CCC(CC)C(=O)Nc1c(C(N)=O)nnn1Cc1cc(Cl)c(C(=O)c2ccc(Cl)cc2)c(Cl)c1. The van der Waals surface area contributed by atoms with Gasteiger partial charge in [0.15, 0.2) is 17.3 Å². The molecule has 0 aliphatic carbocycles. The van der Waals surface area contributed by atoms with E-state index in [1.807, 2.05) is 13.8 Å². The summed E-state index contributed by atoms with van der Waals surface area (Å²) < 4.78 is 1.32. The molecule has 1 aromatic heterocycles. The number of hydrogen-bond donors (Lipinski definition) is 2. The fourth-order valence-electron chi connectivity index (χ4n) is 3.44. The van der Waals surface area contributed by atoms with Gasteiger partial charge in [-0.2, -0.15) is 0 Å². The van der Waals surface area contributed by atoms with Gasteiger partial charge in [-0.3, -0.25) is 14.4 Å². The molecule has 2 amide bonds. The first-order chi connectivity index (χ1) is 16.2. The van der Waals surface area contributed by atoms with Crippen LogP contribution in [0.25, 0.3) is 0 Å². The number of primary amides is 1. The third-order valence-electron chi connectivity index (χ3n) is 5.33. The van der Waals surface area contributed by atoms with Gasteiger partial charge in [0.05, 0.1) is 22.2 Å². The van der Waals surface area contributed by atoms with Crippen LogP contribution in [0.1, 0.15) is 58.7 Å². The molecule has 178 valence electrons. The molecule has 0 bridgehead atoms. The first-order valence-electron chi connectivity index (χ1n) is 10.5. The summed E-state index contributed by atoms with van der Waals surface area (Å²) in [5.41, 5.74) is 6.35. The van der Waals surface area contributed by atoms with Crippen LogP contribution in [0.5, 0.6) is 0 Å². The molecule has 8 nitrogen and oxygen atoms in total. The normalized spacial score (nSPS) is 11.0. The van der Waals surface area contributed by atoms with E-state index < -0.39 is 5.91 Å². The molecule has 0 aliphatic heterocycles. The van der Waals surface area contributed by atoms with Gasteiger partial charge in [-0.05, 0) is 54.8 Å². The molecule has 2 aromatic carbocycles. The topological polar surface area (TPSA) is 120 Å². The molecular formula is C23H22Cl3N5O3. The highest BCUT2D eigenvalue weighted by atomic mass is 35.5. The van der Waals surface area contributed by atoms with Crippen LogP contribution in [0.15, 0.2) is 36.4 Å². The number of nitrogens with one attached hydrogen (secondary N) is 1. The minimum absolute atomic E-state index is 0.0632. The molecule has 0 atom stereocenters. The third-order valence-corrected chi connectivity index (χ3v) is 6.18. The van der Waals surface area contributed by atoms with Crippen molar-refractivity contribution < 1.29 is 14.4 Å². The van der Waals surface area contributed by atoms with Crippen molar-refractivity contribution in [3.63, 3.8) is 0 Å². The number of aromatic nitrogens is 3. The summed E-state index contributed by atoms with van der Waals surface area (Å²) in [6.45, 7) is 3.86. The fourth-order valence-corrected chi connectivity index (χ4v) is 4.27. The number of carbonyl (C=O) groups is 3. The standard InChI is InChI=1S/C23H22Cl3N5O3/c1-3-13(4-2)23(34)28-22-19(21(27)33)29-30-31(22)11-12-9-16(25)18(17(26)10-12)20(32)14-5-7-15(24)8-6-14/h5-10,13H,3-4,11H2,1-2H3,(H2,27,33)(H,28,34). The Kier molecular flexibility index (Phi) is 8.30. The molecule has 0 aliphatic rings. The third kappa shape index (κ3) is 5.58. The van der Waals surface area contributed by atoms with E-state index in [4.69, 9.17) is 40.5 Å². The quantitative estimate of drug-likeness (QED) is 0.384. The predicted molar refractivity (Wildman–Crippen MR) is 132 cm³/mol. The number of halogens is 3. The highest BCUT2D eigenvalue weighted by Gasteiger charge is 2.24. The summed E-state index contributed by atoms with van der Waals surface area (Å²) in [6.07, 6.45) is 1.26. The van der Waals surface area contributed by atoms with Crippen LogP contribution in [0.4, 0.5) is 5.82 Å². The van der Waals surface area contributed by atoms with E-state index in [1.54, 1.807) is 36.4 Å². The summed E-state index contributed by atoms with van der Waals surface area (Å²) in [6, 6.07) is 9.50. The lowest BCUT2D eigenvalue weighted by molar-refractivity contribution is -0.120. The molecule has 34 heavy (non-hydrogen) atoms. The van der Waals surface area contributed by atoms with Gasteiger partial charge in [0.1, 0.15) is 0 Å². The number of benzene rings is 2. The van der Waals surface area contributed by atoms with Crippen molar-refractivity contribution in [2.24, 2.45) is 11.7 Å². The molecule has 0 saturated heterocycles. The second-order valence-electron chi connectivity index (χ2n) is 7.58. The molecule has 0 saturated carbocycles. The second-order valence-corrected chi connectivity index (χ2v) is 8.83. The van der Waals surface area contributed by atoms with E-state index in [0.29, 0.717) is 29.0 Å². The van der Waals surface area contributed by atoms with Gasteiger partial charge >= 0.3 is 0 Å². The summed E-state index contributed by atoms with van der Waals surface area (Å²) in [5.74, 6) is -1.61. The Balaban J connectivity index is 1.92. The molecule has 3 rings (SSSR count). The van der Waals surface area contributed by atoms with Crippen molar-refractivity contribution in [3.05, 3.63) is 73.9 Å². The van der Waals surface area contributed by atoms with Crippen molar-refractivity contribution in [1.29, 1.82) is 0 Å². The van der Waals surface area contributed by atoms with E-state index in [-0.39, 0.29) is 51.3 Å². The average molecular weight is 523 g/mol. The molecule has 1 heterocycles. The lowest BCUT2D eigenvalue weighted by Gasteiger charge is -2.15. The highest BCUT2D eigenvalue weighted by Crippen LogP contribution is 2.30. The maximum atomic E-state index is 12.9.